The SMILES string of the molecule is CC1(CC2CCC2)CC(=O)NC(=O)C1c1ccc(F)cc1. The predicted octanol–water partition coefficient (Wildman–Crippen LogP) is 3.15. The molecule has 0 bridgehead atoms. The Bertz CT molecular complexity index is 565. The van der Waals surface area contributed by atoms with Gasteiger partial charge in [-0.15, -0.1) is 0 Å². The van der Waals surface area contributed by atoms with E-state index in [1.165, 1.54) is 31.4 Å². The van der Waals surface area contributed by atoms with Crippen LogP contribution in [0, 0.1) is 17.2 Å². The molecule has 2 amide bonds. The Labute approximate surface area is 123 Å². The molecule has 0 aromatic heterocycles. The van der Waals surface area contributed by atoms with Crippen molar-refractivity contribution >= 4 is 11.8 Å². The molecule has 1 aliphatic heterocycles. The molecule has 21 heavy (non-hydrogen) atoms. The second-order valence-corrected chi connectivity index (χ2v) is 6.73. The van der Waals surface area contributed by atoms with Crippen LogP contribution < -0.4 is 5.32 Å². The van der Waals surface area contributed by atoms with Crippen LogP contribution in [-0.4, -0.2) is 11.8 Å². The van der Waals surface area contributed by atoms with Crippen molar-refractivity contribution in [2.45, 2.75) is 44.9 Å². The quantitative estimate of drug-likeness (QED) is 0.869. The van der Waals surface area contributed by atoms with Crippen molar-refractivity contribution in [3.63, 3.8) is 0 Å². The Morgan fingerprint density at radius 3 is 2.48 bits per heavy atom. The predicted molar refractivity (Wildman–Crippen MR) is 77.0 cm³/mol. The van der Waals surface area contributed by atoms with Crippen LogP contribution in [0.4, 0.5) is 4.39 Å². The summed E-state index contributed by atoms with van der Waals surface area (Å²) in [6.07, 6.45) is 4.84. The van der Waals surface area contributed by atoms with Gasteiger partial charge in [0.1, 0.15) is 5.82 Å². The highest BCUT2D eigenvalue weighted by Crippen LogP contribution is 2.49. The van der Waals surface area contributed by atoms with E-state index < -0.39 is 0 Å². The Morgan fingerprint density at radius 1 is 1.24 bits per heavy atom. The Morgan fingerprint density at radius 2 is 1.90 bits per heavy atom. The van der Waals surface area contributed by atoms with Crippen molar-refractivity contribution in [3.05, 3.63) is 35.6 Å². The summed E-state index contributed by atoms with van der Waals surface area (Å²) in [5.74, 6) is -0.528. The van der Waals surface area contributed by atoms with Crippen LogP contribution in [0.1, 0.15) is 50.5 Å². The first-order valence-corrected chi connectivity index (χ1v) is 7.57. The van der Waals surface area contributed by atoms with Gasteiger partial charge < -0.3 is 0 Å². The minimum atomic E-state index is -0.378. The maximum Gasteiger partial charge on any atom is 0.234 e. The third-order valence-electron chi connectivity index (χ3n) is 4.97. The van der Waals surface area contributed by atoms with Gasteiger partial charge in [-0.25, -0.2) is 4.39 Å². The van der Waals surface area contributed by atoms with Gasteiger partial charge in [0.15, 0.2) is 0 Å². The van der Waals surface area contributed by atoms with E-state index in [0.29, 0.717) is 12.3 Å². The zero-order valence-electron chi connectivity index (χ0n) is 12.2. The summed E-state index contributed by atoms with van der Waals surface area (Å²) in [4.78, 5) is 24.2. The summed E-state index contributed by atoms with van der Waals surface area (Å²) >= 11 is 0. The van der Waals surface area contributed by atoms with E-state index in [-0.39, 0.29) is 29.0 Å². The van der Waals surface area contributed by atoms with E-state index in [0.717, 1.165) is 12.0 Å². The van der Waals surface area contributed by atoms with Gasteiger partial charge in [-0.05, 0) is 35.4 Å². The minimum Gasteiger partial charge on any atom is -0.296 e. The van der Waals surface area contributed by atoms with Crippen molar-refractivity contribution < 1.29 is 14.0 Å². The molecule has 1 heterocycles. The smallest absolute Gasteiger partial charge is 0.234 e. The Balaban J connectivity index is 1.93. The summed E-state index contributed by atoms with van der Waals surface area (Å²) in [5.41, 5.74) is 0.422. The second-order valence-electron chi connectivity index (χ2n) is 6.73. The lowest BCUT2D eigenvalue weighted by Crippen LogP contribution is -2.50. The summed E-state index contributed by atoms with van der Waals surface area (Å²) < 4.78 is 13.1. The minimum absolute atomic E-state index is 0.194. The first-order chi connectivity index (χ1) is 9.98. The Kier molecular flexibility index (Phi) is 3.56. The van der Waals surface area contributed by atoms with Crippen LogP contribution in [0.5, 0.6) is 0 Å². The molecule has 1 aromatic rings. The van der Waals surface area contributed by atoms with Gasteiger partial charge in [0, 0.05) is 6.42 Å². The number of nitrogens with one attached hydrogen (secondary N) is 1. The highest BCUT2D eigenvalue weighted by molar-refractivity contribution is 6.02. The number of carbonyl (C=O) groups is 2. The first kappa shape index (κ1) is 14.2. The number of rotatable bonds is 3. The van der Waals surface area contributed by atoms with Crippen LogP contribution >= 0.6 is 0 Å². The van der Waals surface area contributed by atoms with Gasteiger partial charge in [0.2, 0.25) is 11.8 Å². The molecule has 2 fully saturated rings. The third kappa shape index (κ3) is 2.71. The summed E-state index contributed by atoms with van der Waals surface area (Å²) in [5, 5.41) is 2.44. The van der Waals surface area contributed by atoms with Crippen molar-refractivity contribution in [2.75, 3.05) is 0 Å². The van der Waals surface area contributed by atoms with Crippen LogP contribution in [0.25, 0.3) is 0 Å². The van der Waals surface area contributed by atoms with Crippen molar-refractivity contribution in [2.24, 2.45) is 11.3 Å². The number of piperidine rings is 1. The highest BCUT2D eigenvalue weighted by Gasteiger charge is 2.47. The lowest BCUT2D eigenvalue weighted by molar-refractivity contribution is -0.140. The molecule has 3 rings (SSSR count). The average molecular weight is 289 g/mol. The van der Waals surface area contributed by atoms with Gasteiger partial charge >= 0.3 is 0 Å². The molecule has 2 atom stereocenters. The number of hydrogen-bond acceptors (Lipinski definition) is 2. The summed E-state index contributed by atoms with van der Waals surface area (Å²) in [7, 11) is 0. The lowest BCUT2D eigenvalue weighted by Gasteiger charge is -2.44. The van der Waals surface area contributed by atoms with Crippen molar-refractivity contribution in [3.8, 4) is 0 Å². The highest BCUT2D eigenvalue weighted by atomic mass is 19.1. The number of amides is 2. The number of halogens is 1. The fourth-order valence-corrected chi connectivity index (χ4v) is 3.79. The molecule has 0 spiro atoms. The fraction of sp³-hybridized carbons (Fsp3) is 0.529. The molecule has 1 saturated heterocycles. The maximum atomic E-state index is 13.1. The van der Waals surface area contributed by atoms with E-state index >= 15 is 0 Å². The van der Waals surface area contributed by atoms with Crippen molar-refractivity contribution in [1.82, 2.24) is 5.32 Å². The molecule has 1 saturated carbocycles. The maximum absolute atomic E-state index is 13.1. The van der Waals surface area contributed by atoms with E-state index in [4.69, 9.17) is 0 Å². The van der Waals surface area contributed by atoms with Gasteiger partial charge in [0.25, 0.3) is 0 Å². The number of benzene rings is 1. The first-order valence-electron chi connectivity index (χ1n) is 7.57. The van der Waals surface area contributed by atoms with E-state index in [9.17, 15) is 14.0 Å². The molecular weight excluding hydrogens is 269 g/mol. The number of carbonyl (C=O) groups excluding carboxylic acids is 2. The van der Waals surface area contributed by atoms with Crippen molar-refractivity contribution in [1.29, 1.82) is 0 Å². The van der Waals surface area contributed by atoms with E-state index in [2.05, 4.69) is 5.32 Å². The molecule has 1 N–H and O–H groups in total. The third-order valence-corrected chi connectivity index (χ3v) is 4.97. The summed E-state index contributed by atoms with van der Waals surface area (Å²) in [6, 6.07) is 6.08. The second kappa shape index (κ2) is 5.24. The monoisotopic (exact) mass is 289 g/mol. The van der Waals surface area contributed by atoms with Gasteiger partial charge in [-0.2, -0.15) is 0 Å². The normalized spacial score (nSPS) is 29.9. The van der Waals surface area contributed by atoms with Gasteiger partial charge in [-0.3, -0.25) is 14.9 Å². The average Bonchev–Trinajstić information content (AvgIpc) is 2.35. The molecule has 1 aromatic carbocycles. The number of imide groups is 1. The molecule has 1 aliphatic carbocycles. The summed E-state index contributed by atoms with van der Waals surface area (Å²) in [6.45, 7) is 2.02. The Hall–Kier alpha value is -1.71. The van der Waals surface area contributed by atoms with Gasteiger partial charge in [0.05, 0.1) is 5.92 Å². The van der Waals surface area contributed by atoms with E-state index in [1.807, 2.05) is 6.92 Å². The molecule has 2 aliphatic rings. The lowest BCUT2D eigenvalue weighted by atomic mass is 9.62. The van der Waals surface area contributed by atoms with Crippen LogP contribution in [0.2, 0.25) is 0 Å². The molecule has 0 radical (unpaired) electrons. The molecule has 3 nitrogen and oxygen atoms in total. The van der Waals surface area contributed by atoms with Crippen LogP contribution in [0.15, 0.2) is 24.3 Å². The molecule has 112 valence electrons. The standard InChI is InChI=1S/C17H20FNO2/c1-17(9-11-3-2-4-11)10-14(20)19-16(21)15(17)12-5-7-13(18)8-6-12/h5-8,11,15H,2-4,9-10H2,1H3,(H,19,20,21). The zero-order valence-corrected chi connectivity index (χ0v) is 12.2. The number of hydrogen-bond donors (Lipinski definition) is 1. The van der Waals surface area contributed by atoms with Crippen LogP contribution in [0.3, 0.4) is 0 Å². The molecule has 2 unspecified atom stereocenters. The van der Waals surface area contributed by atoms with E-state index in [1.54, 1.807) is 12.1 Å². The van der Waals surface area contributed by atoms with Crippen LogP contribution in [-0.2, 0) is 9.59 Å². The topological polar surface area (TPSA) is 46.2 Å². The largest absolute Gasteiger partial charge is 0.296 e. The fourth-order valence-electron chi connectivity index (χ4n) is 3.79. The van der Waals surface area contributed by atoms with Gasteiger partial charge in [-0.1, -0.05) is 38.3 Å². The molecular formula is C17H20FNO2. The molecule has 4 heteroatoms. The zero-order chi connectivity index (χ0) is 15.0.